The van der Waals surface area contributed by atoms with Gasteiger partial charge in [0.05, 0.1) is 0 Å². The molecule has 0 aromatic heterocycles. The van der Waals surface area contributed by atoms with Crippen LogP contribution in [0.2, 0.25) is 0 Å². The zero-order chi connectivity index (χ0) is 24.8. The molecular formula is C32H45N. The molecule has 33 heavy (non-hydrogen) atoms. The number of hydrogen-bond acceptors (Lipinski definition) is 1. The van der Waals surface area contributed by atoms with Gasteiger partial charge < -0.3 is 5.41 Å². The zero-order valence-electron chi connectivity index (χ0n) is 22.1. The maximum absolute atomic E-state index is 8.04. The number of nitrogens with one attached hydrogen (secondary N) is 1. The van der Waals surface area contributed by atoms with Gasteiger partial charge in [-0.25, -0.2) is 0 Å². The van der Waals surface area contributed by atoms with Crippen molar-refractivity contribution in [1.29, 1.82) is 5.41 Å². The van der Waals surface area contributed by atoms with Crippen molar-refractivity contribution in [2.24, 2.45) is 11.3 Å². The first-order valence-electron chi connectivity index (χ1n) is 12.5. The Morgan fingerprint density at radius 3 is 2.48 bits per heavy atom. The average molecular weight is 444 g/mol. The molecule has 0 fully saturated rings. The molecule has 0 radical (unpaired) electrons. The van der Waals surface area contributed by atoms with Crippen LogP contribution in [0.25, 0.3) is 5.57 Å². The van der Waals surface area contributed by atoms with E-state index >= 15 is 0 Å². The molecule has 2 atom stereocenters. The lowest BCUT2D eigenvalue weighted by Gasteiger charge is -2.28. The number of aryl methyl sites for hydroxylation is 1. The van der Waals surface area contributed by atoms with Crippen LogP contribution in [0.1, 0.15) is 90.8 Å². The lowest BCUT2D eigenvalue weighted by Crippen LogP contribution is -2.25. The van der Waals surface area contributed by atoms with Gasteiger partial charge in [-0.3, -0.25) is 0 Å². The average Bonchev–Trinajstić information content (AvgIpc) is 2.87. The molecule has 0 saturated carbocycles. The summed E-state index contributed by atoms with van der Waals surface area (Å²) in [5.41, 5.74) is 8.56. The number of unbranched alkanes of at least 4 members (excludes halogenated alkanes) is 2. The van der Waals surface area contributed by atoms with Gasteiger partial charge in [-0.15, -0.1) is 6.58 Å². The van der Waals surface area contributed by atoms with E-state index in [1.165, 1.54) is 52.7 Å². The molecule has 2 unspecified atom stereocenters. The Bertz CT molecular complexity index is 966. The normalized spacial score (nSPS) is 21.7. The van der Waals surface area contributed by atoms with Crippen molar-refractivity contribution in [2.75, 3.05) is 0 Å². The molecule has 1 aromatic rings. The van der Waals surface area contributed by atoms with E-state index in [9.17, 15) is 0 Å². The van der Waals surface area contributed by atoms with Crippen molar-refractivity contribution >= 4 is 11.8 Å². The molecule has 0 amide bonds. The predicted molar refractivity (Wildman–Crippen MR) is 148 cm³/mol. The molecule has 1 N–H and O–H groups in total. The van der Waals surface area contributed by atoms with Gasteiger partial charge in [0.1, 0.15) is 0 Å². The van der Waals surface area contributed by atoms with Crippen LogP contribution in [0.4, 0.5) is 0 Å². The fourth-order valence-corrected chi connectivity index (χ4v) is 4.72. The van der Waals surface area contributed by atoms with Gasteiger partial charge in [0.15, 0.2) is 0 Å². The summed E-state index contributed by atoms with van der Waals surface area (Å²) < 4.78 is 0. The standard InChI is InChI=1S/C32H45N/c1-10-12-13-14-26-15-16-28(30(20-26)31(7,8)9)29(23(3)4)21-27-17-18-32(11-2,22-33)25(6)19-24(27)5/h11,15-17,19-22,25,33H,2-3,10,12-14,18H2,1,4-9H3/b29-21+,33-22?. The van der Waals surface area contributed by atoms with Crippen LogP contribution in [-0.4, -0.2) is 6.21 Å². The molecular weight excluding hydrogens is 398 g/mol. The summed E-state index contributed by atoms with van der Waals surface area (Å²) in [6, 6.07) is 7.04. The lowest BCUT2D eigenvalue weighted by atomic mass is 9.75. The molecule has 0 heterocycles. The van der Waals surface area contributed by atoms with Crippen molar-refractivity contribution in [3.8, 4) is 0 Å². The maximum Gasteiger partial charge on any atom is 0.0321 e. The highest BCUT2D eigenvalue weighted by molar-refractivity contribution is 5.83. The Kier molecular flexibility index (Phi) is 9.06. The van der Waals surface area contributed by atoms with Crippen molar-refractivity contribution in [3.63, 3.8) is 0 Å². The third-order valence-electron chi connectivity index (χ3n) is 7.14. The van der Waals surface area contributed by atoms with Crippen molar-refractivity contribution < 1.29 is 0 Å². The Balaban J connectivity index is 2.61. The van der Waals surface area contributed by atoms with E-state index in [0.29, 0.717) is 0 Å². The number of allylic oxidation sites excluding steroid dienone is 8. The topological polar surface area (TPSA) is 23.9 Å². The first-order valence-corrected chi connectivity index (χ1v) is 12.5. The molecule has 1 aliphatic rings. The summed E-state index contributed by atoms with van der Waals surface area (Å²) in [5.74, 6) is 0.232. The van der Waals surface area contributed by atoms with Gasteiger partial charge in [0.2, 0.25) is 0 Å². The van der Waals surface area contributed by atoms with E-state index in [-0.39, 0.29) is 16.7 Å². The molecule has 0 spiro atoms. The second kappa shape index (κ2) is 11.1. The molecule has 2 rings (SSSR count). The summed E-state index contributed by atoms with van der Waals surface area (Å²) >= 11 is 0. The number of benzene rings is 1. The molecule has 1 heteroatoms. The number of hydrogen-bond donors (Lipinski definition) is 1. The van der Waals surface area contributed by atoms with E-state index < -0.39 is 0 Å². The minimum absolute atomic E-state index is 0.0417. The monoisotopic (exact) mass is 443 g/mol. The minimum atomic E-state index is -0.322. The van der Waals surface area contributed by atoms with Gasteiger partial charge in [-0.2, -0.15) is 0 Å². The second-order valence-corrected chi connectivity index (χ2v) is 10.9. The van der Waals surface area contributed by atoms with Crippen LogP contribution in [-0.2, 0) is 11.8 Å². The predicted octanol–water partition coefficient (Wildman–Crippen LogP) is 9.41. The summed E-state index contributed by atoms with van der Waals surface area (Å²) in [6.07, 6.45) is 16.1. The van der Waals surface area contributed by atoms with Gasteiger partial charge in [0, 0.05) is 11.6 Å². The smallest absolute Gasteiger partial charge is 0.0321 e. The van der Waals surface area contributed by atoms with E-state index in [1.807, 2.05) is 6.08 Å². The van der Waals surface area contributed by atoms with E-state index in [2.05, 4.69) is 98.1 Å². The number of rotatable bonds is 9. The van der Waals surface area contributed by atoms with Crippen LogP contribution < -0.4 is 0 Å². The van der Waals surface area contributed by atoms with E-state index in [4.69, 9.17) is 5.41 Å². The summed E-state index contributed by atoms with van der Waals surface area (Å²) in [7, 11) is 0. The second-order valence-electron chi connectivity index (χ2n) is 10.9. The fourth-order valence-electron chi connectivity index (χ4n) is 4.72. The van der Waals surface area contributed by atoms with E-state index in [0.717, 1.165) is 18.4 Å². The molecule has 1 aromatic carbocycles. The minimum Gasteiger partial charge on any atom is -0.312 e. The fraction of sp³-hybridized carbons (Fsp3) is 0.469. The first kappa shape index (κ1) is 26.8. The van der Waals surface area contributed by atoms with E-state index in [1.54, 1.807) is 6.21 Å². The maximum atomic E-state index is 8.04. The molecule has 0 bridgehead atoms. The van der Waals surface area contributed by atoms with Crippen LogP contribution >= 0.6 is 0 Å². The highest BCUT2D eigenvalue weighted by atomic mass is 14.4. The van der Waals surface area contributed by atoms with Gasteiger partial charge >= 0.3 is 0 Å². The third-order valence-corrected chi connectivity index (χ3v) is 7.14. The summed E-state index contributed by atoms with van der Waals surface area (Å²) in [4.78, 5) is 0. The zero-order valence-corrected chi connectivity index (χ0v) is 22.1. The SMILES string of the molecule is C=CC1(C=N)CC=C(/C=C(\C(=C)C)c2ccc(CCCCC)cc2C(C)(C)C)C(C)=CC1C. The highest BCUT2D eigenvalue weighted by Crippen LogP contribution is 2.40. The van der Waals surface area contributed by atoms with Gasteiger partial charge in [-0.05, 0) is 83.9 Å². The van der Waals surface area contributed by atoms with Crippen LogP contribution in [0.15, 0.2) is 72.4 Å². The Hall–Kier alpha value is -2.41. The Labute approximate surface area is 203 Å². The largest absolute Gasteiger partial charge is 0.312 e. The first-order chi connectivity index (χ1) is 15.5. The van der Waals surface area contributed by atoms with Crippen molar-refractivity contribution in [3.05, 3.63) is 89.1 Å². The third kappa shape index (κ3) is 6.34. The molecule has 178 valence electrons. The highest BCUT2D eigenvalue weighted by Gasteiger charge is 2.31. The Morgan fingerprint density at radius 1 is 1.24 bits per heavy atom. The molecule has 0 saturated heterocycles. The van der Waals surface area contributed by atoms with Gasteiger partial charge in [0.25, 0.3) is 0 Å². The van der Waals surface area contributed by atoms with Gasteiger partial charge in [-0.1, -0.05) is 96.0 Å². The molecule has 0 aliphatic heterocycles. The lowest BCUT2D eigenvalue weighted by molar-refractivity contribution is 0.430. The summed E-state index contributed by atoms with van der Waals surface area (Å²) in [5, 5.41) is 8.04. The molecule has 1 nitrogen and oxygen atoms in total. The van der Waals surface area contributed by atoms with Crippen molar-refractivity contribution in [2.45, 2.75) is 86.0 Å². The van der Waals surface area contributed by atoms with Crippen LogP contribution in [0, 0.1) is 16.7 Å². The Morgan fingerprint density at radius 2 is 1.94 bits per heavy atom. The summed E-state index contributed by atoms with van der Waals surface area (Å²) in [6.45, 7) is 24.0. The van der Waals surface area contributed by atoms with Crippen LogP contribution in [0.5, 0.6) is 0 Å². The van der Waals surface area contributed by atoms with Crippen molar-refractivity contribution in [1.82, 2.24) is 0 Å². The quantitative estimate of drug-likeness (QED) is 0.170. The molecule has 1 aliphatic carbocycles. The van der Waals surface area contributed by atoms with Crippen LogP contribution in [0.3, 0.4) is 0 Å².